The van der Waals surface area contributed by atoms with Gasteiger partial charge in [-0.2, -0.15) is 0 Å². The lowest BCUT2D eigenvalue weighted by Gasteiger charge is -2.20. The molecule has 3 aromatic rings. The molecule has 5 heteroatoms. The molecular formula is C33H39NO4. The highest BCUT2D eigenvalue weighted by molar-refractivity contribution is 5.96. The van der Waals surface area contributed by atoms with E-state index in [1.807, 2.05) is 50.2 Å². The van der Waals surface area contributed by atoms with Gasteiger partial charge in [0.05, 0.1) is 20.3 Å². The van der Waals surface area contributed by atoms with E-state index in [9.17, 15) is 9.59 Å². The number of hydrogen-bond acceptors (Lipinski definition) is 4. The van der Waals surface area contributed by atoms with E-state index in [0.717, 1.165) is 57.5 Å². The zero-order valence-electron chi connectivity index (χ0n) is 23.4. The average Bonchev–Trinajstić information content (AvgIpc) is 2.89. The second-order valence-corrected chi connectivity index (χ2v) is 10.00. The van der Waals surface area contributed by atoms with Crippen molar-refractivity contribution in [3.8, 4) is 5.75 Å². The number of hydrogen-bond donors (Lipinski definition) is 1. The third-order valence-electron chi connectivity index (χ3n) is 6.51. The van der Waals surface area contributed by atoms with E-state index in [1.54, 1.807) is 7.11 Å². The van der Waals surface area contributed by atoms with Crippen LogP contribution in [0.25, 0.3) is 0 Å². The van der Waals surface area contributed by atoms with E-state index in [1.165, 1.54) is 7.11 Å². The molecule has 0 aliphatic carbocycles. The maximum atomic E-state index is 13.8. The summed E-state index contributed by atoms with van der Waals surface area (Å²) in [6.07, 6.45) is 4.26. The van der Waals surface area contributed by atoms with Gasteiger partial charge in [-0.05, 0) is 81.3 Å². The van der Waals surface area contributed by atoms with E-state index in [2.05, 4.69) is 49.5 Å². The third-order valence-corrected chi connectivity index (χ3v) is 6.51. The Morgan fingerprint density at radius 2 is 1.58 bits per heavy atom. The Morgan fingerprint density at radius 3 is 2.24 bits per heavy atom. The summed E-state index contributed by atoms with van der Waals surface area (Å²) in [4.78, 5) is 25.6. The Kier molecular flexibility index (Phi) is 10.3. The smallest absolute Gasteiger partial charge is 0.305 e. The van der Waals surface area contributed by atoms with Gasteiger partial charge >= 0.3 is 5.97 Å². The van der Waals surface area contributed by atoms with E-state index >= 15 is 0 Å². The van der Waals surface area contributed by atoms with Crippen LogP contribution in [-0.2, 0) is 28.8 Å². The fourth-order valence-electron chi connectivity index (χ4n) is 4.70. The molecular weight excluding hydrogens is 474 g/mol. The largest absolute Gasteiger partial charge is 0.496 e. The Hall–Kier alpha value is -3.86. The topological polar surface area (TPSA) is 64.6 Å². The SMILES string of the molecule is COC(=O)CCc1ccc(CCc2ccccc2OC)cc1C(=O)N[C@H](C=C(C)C)c1cc(C)cc(C)c1. The van der Waals surface area contributed by atoms with Crippen LogP contribution in [0.3, 0.4) is 0 Å². The molecule has 0 unspecified atom stereocenters. The van der Waals surface area contributed by atoms with Gasteiger partial charge in [0.15, 0.2) is 0 Å². The first kappa shape index (κ1) is 28.7. The lowest BCUT2D eigenvalue weighted by atomic mass is 9.95. The molecule has 0 fully saturated rings. The molecule has 0 bridgehead atoms. The molecule has 38 heavy (non-hydrogen) atoms. The number of ether oxygens (including phenoxy) is 2. The summed E-state index contributed by atoms with van der Waals surface area (Å²) in [7, 11) is 3.06. The lowest BCUT2D eigenvalue weighted by Crippen LogP contribution is -2.29. The molecule has 1 atom stereocenters. The van der Waals surface area contributed by atoms with Crippen LogP contribution in [0, 0.1) is 13.8 Å². The molecule has 0 aliphatic rings. The van der Waals surface area contributed by atoms with Crippen LogP contribution in [0.2, 0.25) is 0 Å². The summed E-state index contributed by atoms with van der Waals surface area (Å²) in [6.45, 7) is 8.19. The molecule has 200 valence electrons. The molecule has 1 amide bonds. The van der Waals surface area contributed by atoms with Crippen LogP contribution in [0.15, 0.2) is 72.3 Å². The number of benzene rings is 3. The predicted octanol–water partition coefficient (Wildman–Crippen LogP) is 6.64. The minimum atomic E-state index is -0.297. The molecule has 0 heterocycles. The van der Waals surface area contributed by atoms with Crippen molar-refractivity contribution >= 4 is 11.9 Å². The number of carbonyl (C=O) groups excluding carboxylic acids is 2. The number of nitrogens with one attached hydrogen (secondary N) is 1. The minimum Gasteiger partial charge on any atom is -0.496 e. The molecule has 0 spiro atoms. The van der Waals surface area contributed by atoms with Crippen LogP contribution in [0.5, 0.6) is 5.75 Å². The lowest BCUT2D eigenvalue weighted by molar-refractivity contribution is -0.140. The Morgan fingerprint density at radius 1 is 0.868 bits per heavy atom. The number of allylic oxidation sites excluding steroid dienone is 1. The van der Waals surface area contributed by atoms with Crippen molar-refractivity contribution in [3.63, 3.8) is 0 Å². The van der Waals surface area contributed by atoms with Gasteiger partial charge in [-0.25, -0.2) is 0 Å². The van der Waals surface area contributed by atoms with Crippen LogP contribution in [0.4, 0.5) is 0 Å². The summed E-state index contributed by atoms with van der Waals surface area (Å²) < 4.78 is 10.3. The Balaban J connectivity index is 1.92. The van der Waals surface area contributed by atoms with Crippen molar-refractivity contribution in [1.82, 2.24) is 5.32 Å². The molecule has 0 saturated carbocycles. The van der Waals surface area contributed by atoms with Crippen LogP contribution in [0.1, 0.15) is 70.0 Å². The number of esters is 1. The number of methoxy groups -OCH3 is 2. The van der Waals surface area contributed by atoms with Crippen molar-refractivity contribution in [3.05, 3.63) is 111 Å². The van der Waals surface area contributed by atoms with Gasteiger partial charge in [0.1, 0.15) is 5.75 Å². The van der Waals surface area contributed by atoms with Gasteiger partial charge in [0, 0.05) is 12.0 Å². The van der Waals surface area contributed by atoms with Crippen LogP contribution < -0.4 is 10.1 Å². The maximum absolute atomic E-state index is 13.8. The summed E-state index contributed by atoms with van der Waals surface area (Å²) in [5, 5.41) is 3.25. The van der Waals surface area contributed by atoms with Crippen molar-refractivity contribution in [2.75, 3.05) is 14.2 Å². The number of rotatable bonds is 11. The number of para-hydroxylation sites is 1. The highest BCUT2D eigenvalue weighted by atomic mass is 16.5. The first-order valence-electron chi connectivity index (χ1n) is 13.0. The van der Waals surface area contributed by atoms with E-state index in [4.69, 9.17) is 9.47 Å². The summed E-state index contributed by atoms with van der Waals surface area (Å²) in [6, 6.07) is 20.0. The molecule has 1 N–H and O–H groups in total. The molecule has 5 nitrogen and oxygen atoms in total. The Bertz CT molecular complexity index is 1280. The van der Waals surface area contributed by atoms with Crippen LogP contribution in [-0.4, -0.2) is 26.1 Å². The highest BCUT2D eigenvalue weighted by Gasteiger charge is 2.19. The average molecular weight is 514 g/mol. The monoisotopic (exact) mass is 513 g/mol. The minimum absolute atomic E-state index is 0.161. The van der Waals surface area contributed by atoms with Crippen molar-refractivity contribution in [2.45, 2.75) is 59.4 Å². The summed E-state index contributed by atoms with van der Waals surface area (Å²) >= 11 is 0. The van der Waals surface area contributed by atoms with Gasteiger partial charge < -0.3 is 14.8 Å². The zero-order valence-corrected chi connectivity index (χ0v) is 23.4. The fourth-order valence-corrected chi connectivity index (χ4v) is 4.70. The second kappa shape index (κ2) is 13.6. The van der Waals surface area contributed by atoms with E-state index in [-0.39, 0.29) is 24.3 Å². The molecule has 3 rings (SSSR count). The van der Waals surface area contributed by atoms with Crippen molar-refractivity contribution in [1.29, 1.82) is 0 Å². The number of aryl methyl sites for hydroxylation is 5. The molecule has 0 aromatic heterocycles. The third kappa shape index (κ3) is 8.07. The first-order valence-corrected chi connectivity index (χ1v) is 13.0. The normalized spacial score (nSPS) is 11.4. The van der Waals surface area contributed by atoms with Crippen molar-refractivity contribution in [2.24, 2.45) is 0 Å². The number of amides is 1. The quantitative estimate of drug-likeness (QED) is 0.231. The second-order valence-electron chi connectivity index (χ2n) is 10.00. The van der Waals surface area contributed by atoms with Crippen molar-refractivity contribution < 1.29 is 19.1 Å². The number of carbonyl (C=O) groups is 2. The van der Waals surface area contributed by atoms with Gasteiger partial charge in [0.25, 0.3) is 5.91 Å². The summed E-state index contributed by atoms with van der Waals surface area (Å²) in [5.74, 6) is 0.401. The van der Waals surface area contributed by atoms with Gasteiger partial charge in [-0.3, -0.25) is 9.59 Å². The summed E-state index contributed by atoms with van der Waals surface area (Å²) in [5.41, 5.74) is 8.04. The molecule has 0 radical (unpaired) electrons. The maximum Gasteiger partial charge on any atom is 0.305 e. The van der Waals surface area contributed by atoms with Gasteiger partial charge in [-0.1, -0.05) is 71.3 Å². The highest BCUT2D eigenvalue weighted by Crippen LogP contribution is 2.24. The zero-order chi connectivity index (χ0) is 27.7. The molecule has 0 saturated heterocycles. The van der Waals surface area contributed by atoms with Gasteiger partial charge in [-0.15, -0.1) is 0 Å². The Labute approximate surface area is 226 Å². The van der Waals surface area contributed by atoms with Crippen LogP contribution >= 0.6 is 0 Å². The van der Waals surface area contributed by atoms with E-state index < -0.39 is 0 Å². The predicted molar refractivity (Wildman–Crippen MR) is 153 cm³/mol. The first-order chi connectivity index (χ1) is 18.2. The van der Waals surface area contributed by atoms with E-state index in [0.29, 0.717) is 12.0 Å². The van der Waals surface area contributed by atoms with Gasteiger partial charge in [0.2, 0.25) is 0 Å². The molecule has 0 aliphatic heterocycles. The molecule has 3 aromatic carbocycles. The fraction of sp³-hybridized carbons (Fsp3) is 0.333. The standard InChI is InChI=1S/C33H39NO4/c1-22(2)17-30(28-19-23(3)18-24(4)20-28)34-33(36)29-21-25(11-13-26(29)15-16-32(35)38-6)12-14-27-9-7-8-10-31(27)37-5/h7-11,13,17-21,30H,12,14-16H2,1-6H3,(H,34,36)/t30-/m1/s1.